The van der Waals surface area contributed by atoms with Gasteiger partial charge in [-0.3, -0.25) is 4.90 Å². The minimum atomic E-state index is -0.688. The summed E-state index contributed by atoms with van der Waals surface area (Å²) in [6.45, 7) is 6.18. The molecule has 0 amide bonds. The quantitative estimate of drug-likeness (QED) is 0.876. The summed E-state index contributed by atoms with van der Waals surface area (Å²) in [6, 6.07) is 3.71. The molecule has 126 valence electrons. The average molecular weight is 339 g/mol. The fraction of sp³-hybridized carbons (Fsp3) is 0.600. The topological polar surface area (TPSA) is 80.7 Å². The average Bonchev–Trinajstić information content (AvgIpc) is 3.08. The number of β-amino-alcohol motifs (C(OH)–C–C–N with tert-alkyl or cyclic N) is 1. The van der Waals surface area contributed by atoms with Crippen molar-refractivity contribution in [1.29, 1.82) is 0 Å². The number of aliphatic hydroxyl groups excluding tert-OH is 1. The Bertz CT molecular complexity index is 671. The second-order valence-electron chi connectivity index (χ2n) is 5.96. The summed E-state index contributed by atoms with van der Waals surface area (Å²) in [5, 5.41) is 16.3. The maximum Gasteiger partial charge on any atom is 0.437 e. The lowest BCUT2D eigenvalue weighted by atomic mass is 10.2. The Morgan fingerprint density at radius 1 is 1.39 bits per heavy atom. The van der Waals surface area contributed by atoms with E-state index in [9.17, 15) is 9.90 Å². The van der Waals surface area contributed by atoms with Gasteiger partial charge in [0.1, 0.15) is 0 Å². The van der Waals surface area contributed by atoms with Gasteiger partial charge in [-0.2, -0.15) is 4.68 Å². The Kier molecular flexibility index (Phi) is 4.96. The first kappa shape index (κ1) is 16.4. The monoisotopic (exact) mass is 339 g/mol. The Hall–Kier alpha value is -1.48. The van der Waals surface area contributed by atoms with E-state index in [1.54, 1.807) is 0 Å². The zero-order chi connectivity index (χ0) is 16.4. The molecule has 1 N–H and O–H groups in total. The predicted octanol–water partition coefficient (Wildman–Crippen LogP) is 1.03. The van der Waals surface area contributed by atoms with Crippen molar-refractivity contribution < 1.29 is 14.3 Å². The summed E-state index contributed by atoms with van der Waals surface area (Å²) in [6.07, 6.45) is -0.399. The van der Waals surface area contributed by atoms with Crippen LogP contribution in [0.25, 0.3) is 10.8 Å². The van der Waals surface area contributed by atoms with Gasteiger partial charge in [0, 0.05) is 19.6 Å². The van der Waals surface area contributed by atoms with Gasteiger partial charge in [-0.05, 0) is 25.3 Å². The molecule has 1 fully saturated rings. The van der Waals surface area contributed by atoms with Crippen LogP contribution in [-0.4, -0.2) is 57.7 Å². The highest BCUT2D eigenvalue weighted by molar-refractivity contribution is 7.13. The zero-order valence-electron chi connectivity index (χ0n) is 13.2. The van der Waals surface area contributed by atoms with E-state index in [1.807, 2.05) is 31.4 Å². The molecule has 0 bridgehead atoms. The highest BCUT2D eigenvalue weighted by Crippen LogP contribution is 2.21. The molecule has 3 unspecified atom stereocenters. The van der Waals surface area contributed by atoms with Gasteiger partial charge in [0.25, 0.3) is 5.89 Å². The van der Waals surface area contributed by atoms with Gasteiger partial charge >= 0.3 is 5.76 Å². The standard InChI is InChI=1S/C15H21N3O4S/c1-10-6-17(7-11(2)21-10)8-12(19)9-18-15(20)22-14(16-18)13-4-3-5-23-13/h3-5,10-12,19H,6-9H2,1-2H3. The van der Waals surface area contributed by atoms with Gasteiger partial charge in [-0.1, -0.05) is 6.07 Å². The van der Waals surface area contributed by atoms with Gasteiger partial charge in [-0.25, -0.2) is 4.79 Å². The van der Waals surface area contributed by atoms with Gasteiger partial charge in [0.15, 0.2) is 0 Å². The van der Waals surface area contributed by atoms with Crippen LogP contribution in [0.2, 0.25) is 0 Å². The van der Waals surface area contributed by atoms with Crippen molar-refractivity contribution in [3.63, 3.8) is 0 Å². The second kappa shape index (κ2) is 6.96. The Balaban J connectivity index is 1.62. The van der Waals surface area contributed by atoms with Crippen molar-refractivity contribution in [2.24, 2.45) is 0 Å². The van der Waals surface area contributed by atoms with Crippen molar-refractivity contribution in [1.82, 2.24) is 14.7 Å². The van der Waals surface area contributed by atoms with Crippen molar-refractivity contribution in [2.45, 2.75) is 38.7 Å². The van der Waals surface area contributed by atoms with Crippen LogP contribution in [0, 0.1) is 0 Å². The zero-order valence-corrected chi connectivity index (χ0v) is 14.0. The van der Waals surface area contributed by atoms with Crippen molar-refractivity contribution in [2.75, 3.05) is 19.6 Å². The van der Waals surface area contributed by atoms with Crippen LogP contribution in [-0.2, 0) is 11.3 Å². The fourth-order valence-electron chi connectivity index (χ4n) is 2.91. The summed E-state index contributed by atoms with van der Waals surface area (Å²) in [5.74, 6) is -0.248. The molecule has 3 rings (SSSR count). The lowest BCUT2D eigenvalue weighted by Gasteiger charge is -2.36. The number of nitrogens with zero attached hydrogens (tertiary/aromatic N) is 3. The normalized spacial score (nSPS) is 24.0. The van der Waals surface area contributed by atoms with E-state index in [0.717, 1.165) is 18.0 Å². The van der Waals surface area contributed by atoms with E-state index in [4.69, 9.17) is 9.15 Å². The summed E-state index contributed by atoms with van der Waals surface area (Å²) in [4.78, 5) is 14.8. The molecule has 7 nitrogen and oxygen atoms in total. The van der Waals surface area contributed by atoms with Gasteiger partial charge < -0.3 is 14.3 Å². The minimum absolute atomic E-state index is 0.119. The third kappa shape index (κ3) is 4.08. The molecular formula is C15H21N3O4S. The van der Waals surface area contributed by atoms with Crippen LogP contribution in [0.4, 0.5) is 0 Å². The Labute approximate surface area is 138 Å². The number of rotatable bonds is 5. The first-order chi connectivity index (χ1) is 11.0. The molecule has 0 aromatic carbocycles. The molecule has 23 heavy (non-hydrogen) atoms. The molecule has 2 aromatic rings. The number of morpholine rings is 1. The summed E-state index contributed by atoms with van der Waals surface area (Å²) in [7, 11) is 0. The van der Waals surface area contributed by atoms with E-state index in [2.05, 4.69) is 10.00 Å². The number of thiophene rings is 1. The maximum atomic E-state index is 11.9. The molecule has 8 heteroatoms. The third-order valence-electron chi connectivity index (χ3n) is 3.69. The Morgan fingerprint density at radius 3 is 2.78 bits per heavy atom. The van der Waals surface area contributed by atoms with E-state index >= 15 is 0 Å². The van der Waals surface area contributed by atoms with Crippen LogP contribution in [0.1, 0.15) is 13.8 Å². The number of ether oxygens (including phenoxy) is 1. The fourth-order valence-corrected chi connectivity index (χ4v) is 3.55. The van der Waals surface area contributed by atoms with Crippen LogP contribution >= 0.6 is 11.3 Å². The molecular weight excluding hydrogens is 318 g/mol. The number of aliphatic hydroxyl groups is 1. The van der Waals surface area contributed by atoms with Crippen LogP contribution in [0.3, 0.4) is 0 Å². The third-order valence-corrected chi connectivity index (χ3v) is 4.54. The van der Waals surface area contributed by atoms with Crippen molar-refractivity contribution in [3.05, 3.63) is 28.1 Å². The second-order valence-corrected chi connectivity index (χ2v) is 6.91. The Morgan fingerprint density at radius 2 is 2.13 bits per heavy atom. The molecule has 0 radical (unpaired) electrons. The summed E-state index contributed by atoms with van der Waals surface area (Å²) < 4.78 is 12.0. The number of aromatic nitrogens is 2. The van der Waals surface area contributed by atoms with Crippen molar-refractivity contribution >= 4 is 11.3 Å². The highest BCUT2D eigenvalue weighted by atomic mass is 32.1. The van der Waals surface area contributed by atoms with Crippen LogP contribution < -0.4 is 5.76 Å². The minimum Gasteiger partial charge on any atom is -0.390 e. The van der Waals surface area contributed by atoms with Crippen LogP contribution in [0.5, 0.6) is 0 Å². The number of hydrogen-bond acceptors (Lipinski definition) is 7. The molecule has 0 saturated carbocycles. The first-order valence-electron chi connectivity index (χ1n) is 7.69. The molecule has 0 spiro atoms. The largest absolute Gasteiger partial charge is 0.437 e. The first-order valence-corrected chi connectivity index (χ1v) is 8.57. The number of hydrogen-bond donors (Lipinski definition) is 1. The maximum absolute atomic E-state index is 11.9. The summed E-state index contributed by atoms with van der Waals surface area (Å²) >= 11 is 1.45. The molecule has 3 heterocycles. The molecule has 2 aromatic heterocycles. The summed E-state index contributed by atoms with van der Waals surface area (Å²) in [5.41, 5.74) is 0. The van der Waals surface area contributed by atoms with Gasteiger partial charge in [-0.15, -0.1) is 16.4 Å². The van der Waals surface area contributed by atoms with E-state index in [1.165, 1.54) is 16.0 Å². The predicted molar refractivity (Wildman–Crippen MR) is 86.5 cm³/mol. The van der Waals surface area contributed by atoms with Gasteiger partial charge in [0.05, 0.1) is 29.7 Å². The van der Waals surface area contributed by atoms with Gasteiger partial charge in [0.2, 0.25) is 0 Å². The molecule has 1 aliphatic heterocycles. The van der Waals surface area contributed by atoms with E-state index < -0.39 is 11.9 Å². The van der Waals surface area contributed by atoms with Crippen LogP contribution in [0.15, 0.2) is 26.7 Å². The smallest absolute Gasteiger partial charge is 0.390 e. The molecule has 1 saturated heterocycles. The lowest BCUT2D eigenvalue weighted by molar-refractivity contribution is -0.0775. The molecule has 1 aliphatic rings. The SMILES string of the molecule is CC1CN(CC(O)Cn2nc(-c3cccs3)oc2=O)CC(C)O1. The molecule has 3 atom stereocenters. The van der Waals surface area contributed by atoms with E-state index in [-0.39, 0.29) is 18.8 Å². The molecule has 0 aliphatic carbocycles. The highest BCUT2D eigenvalue weighted by Gasteiger charge is 2.24. The lowest BCUT2D eigenvalue weighted by Crippen LogP contribution is -2.48. The van der Waals surface area contributed by atoms with Crippen molar-refractivity contribution in [3.8, 4) is 10.8 Å². The van der Waals surface area contributed by atoms with E-state index in [0.29, 0.717) is 12.4 Å².